The molecule has 33 heavy (non-hydrogen) atoms. The zero-order valence-electron chi connectivity index (χ0n) is 19.8. The maximum absolute atomic E-state index is 14.8. The summed E-state index contributed by atoms with van der Waals surface area (Å²) in [4.78, 5) is 0. The van der Waals surface area contributed by atoms with E-state index in [0.29, 0.717) is 24.5 Å². The summed E-state index contributed by atoms with van der Waals surface area (Å²) >= 11 is 0. The molecule has 176 valence electrons. The molecule has 0 atom stereocenters. The lowest BCUT2D eigenvalue weighted by atomic mass is 9.97. The van der Waals surface area contributed by atoms with Crippen molar-refractivity contribution in [3.63, 3.8) is 0 Å². The molecule has 0 aliphatic rings. The highest BCUT2D eigenvalue weighted by molar-refractivity contribution is 5.70. The molecule has 0 aliphatic carbocycles. The predicted octanol–water partition coefficient (Wildman–Crippen LogP) is 7.61. The van der Waals surface area contributed by atoms with Crippen LogP contribution in [0.2, 0.25) is 0 Å². The molecule has 1 N–H and O–H groups in total. The highest BCUT2D eigenvalue weighted by Gasteiger charge is 2.13. The van der Waals surface area contributed by atoms with Crippen LogP contribution in [-0.4, -0.2) is 11.7 Å². The molecule has 0 amide bonds. The normalized spacial score (nSPS) is 10.9. The number of aliphatic hydroxyl groups is 1. The van der Waals surface area contributed by atoms with Crippen LogP contribution in [-0.2, 0) is 13.2 Å². The van der Waals surface area contributed by atoms with Gasteiger partial charge in [-0.1, -0.05) is 75.4 Å². The lowest BCUT2D eigenvalue weighted by molar-refractivity contribution is 0.259. The van der Waals surface area contributed by atoms with E-state index < -0.39 is 0 Å². The SMILES string of the molecule is CCCCCCCCOc1ccc(-c2cc(OCc3ccccc3)c(CO)cc2C)cc1F. The molecule has 3 aromatic carbocycles. The van der Waals surface area contributed by atoms with E-state index in [4.69, 9.17) is 9.47 Å². The lowest BCUT2D eigenvalue weighted by Gasteiger charge is -2.16. The minimum atomic E-state index is -0.365. The molecule has 3 rings (SSSR count). The number of rotatable bonds is 13. The number of halogens is 1. The lowest BCUT2D eigenvalue weighted by Crippen LogP contribution is -2.01. The van der Waals surface area contributed by atoms with E-state index in [2.05, 4.69) is 6.92 Å². The van der Waals surface area contributed by atoms with Gasteiger partial charge < -0.3 is 14.6 Å². The van der Waals surface area contributed by atoms with E-state index in [1.54, 1.807) is 6.07 Å². The number of hydrogen-bond donors (Lipinski definition) is 1. The van der Waals surface area contributed by atoms with Gasteiger partial charge in [-0.25, -0.2) is 4.39 Å². The molecule has 0 radical (unpaired) electrons. The van der Waals surface area contributed by atoms with Gasteiger partial charge in [0.05, 0.1) is 13.2 Å². The van der Waals surface area contributed by atoms with Crippen LogP contribution in [0.3, 0.4) is 0 Å². The monoisotopic (exact) mass is 450 g/mol. The van der Waals surface area contributed by atoms with Gasteiger partial charge in [-0.05, 0) is 59.9 Å². The third-order valence-corrected chi connectivity index (χ3v) is 5.81. The minimum Gasteiger partial charge on any atom is -0.491 e. The molecule has 0 unspecified atom stereocenters. The molecule has 3 nitrogen and oxygen atoms in total. The van der Waals surface area contributed by atoms with E-state index >= 15 is 0 Å². The maximum atomic E-state index is 14.8. The van der Waals surface area contributed by atoms with Crippen LogP contribution < -0.4 is 9.47 Å². The molecular formula is C29H35FO3. The maximum Gasteiger partial charge on any atom is 0.165 e. The first kappa shape index (κ1) is 24.8. The highest BCUT2D eigenvalue weighted by atomic mass is 19.1. The topological polar surface area (TPSA) is 38.7 Å². The van der Waals surface area contributed by atoms with Crippen molar-refractivity contribution >= 4 is 0 Å². The molecule has 0 fully saturated rings. The second-order valence-electron chi connectivity index (χ2n) is 8.47. The largest absolute Gasteiger partial charge is 0.491 e. The van der Waals surface area contributed by atoms with Gasteiger partial charge in [0.2, 0.25) is 0 Å². The Morgan fingerprint density at radius 3 is 2.30 bits per heavy atom. The zero-order valence-corrected chi connectivity index (χ0v) is 19.8. The van der Waals surface area contributed by atoms with Crippen LogP contribution in [0.15, 0.2) is 60.7 Å². The Morgan fingerprint density at radius 2 is 1.58 bits per heavy atom. The number of hydrogen-bond acceptors (Lipinski definition) is 3. The van der Waals surface area contributed by atoms with E-state index in [-0.39, 0.29) is 18.2 Å². The Bertz CT molecular complexity index is 1000. The molecule has 0 saturated carbocycles. The van der Waals surface area contributed by atoms with E-state index in [0.717, 1.165) is 35.1 Å². The number of aryl methyl sites for hydroxylation is 1. The van der Waals surface area contributed by atoms with Crippen LogP contribution >= 0.6 is 0 Å². The molecular weight excluding hydrogens is 415 g/mol. The highest BCUT2D eigenvalue weighted by Crippen LogP contribution is 2.33. The standard InChI is InChI=1S/C29H35FO3/c1-3-4-5-6-7-11-16-32-28-15-14-24(18-27(28)30)26-19-29(25(20-31)17-22(26)2)33-21-23-12-9-8-10-13-23/h8-10,12-15,17-19,31H,3-7,11,16,20-21H2,1-2H3. The van der Waals surface area contributed by atoms with Crippen molar-refractivity contribution < 1.29 is 19.0 Å². The van der Waals surface area contributed by atoms with Crippen molar-refractivity contribution in [3.05, 3.63) is 83.2 Å². The number of ether oxygens (including phenoxy) is 2. The summed E-state index contributed by atoms with van der Waals surface area (Å²) in [5, 5.41) is 9.79. The van der Waals surface area contributed by atoms with E-state index in [1.165, 1.54) is 31.7 Å². The van der Waals surface area contributed by atoms with Crippen molar-refractivity contribution in [1.29, 1.82) is 0 Å². The fourth-order valence-electron chi connectivity index (χ4n) is 3.90. The Morgan fingerprint density at radius 1 is 0.818 bits per heavy atom. The summed E-state index contributed by atoms with van der Waals surface area (Å²) in [6, 6.07) is 18.7. The summed E-state index contributed by atoms with van der Waals surface area (Å²) in [5.74, 6) is 0.527. The van der Waals surface area contributed by atoms with Crippen molar-refractivity contribution in [3.8, 4) is 22.6 Å². The van der Waals surface area contributed by atoms with Crippen LogP contribution in [0.4, 0.5) is 4.39 Å². The first-order valence-electron chi connectivity index (χ1n) is 12.0. The summed E-state index contributed by atoms with van der Waals surface area (Å²) in [6.45, 7) is 4.97. The summed E-state index contributed by atoms with van der Waals surface area (Å²) < 4.78 is 26.4. The molecule has 0 heterocycles. The Balaban J connectivity index is 1.68. The van der Waals surface area contributed by atoms with E-state index in [1.807, 2.05) is 55.5 Å². The minimum absolute atomic E-state index is 0.120. The summed E-state index contributed by atoms with van der Waals surface area (Å²) in [6.07, 6.45) is 7.02. The van der Waals surface area contributed by atoms with Crippen LogP contribution in [0.25, 0.3) is 11.1 Å². The van der Waals surface area contributed by atoms with Gasteiger partial charge in [0.25, 0.3) is 0 Å². The predicted molar refractivity (Wildman–Crippen MR) is 132 cm³/mol. The van der Waals surface area contributed by atoms with Gasteiger partial charge in [-0.3, -0.25) is 0 Å². The van der Waals surface area contributed by atoms with Gasteiger partial charge >= 0.3 is 0 Å². The van der Waals surface area contributed by atoms with Crippen LogP contribution in [0.1, 0.15) is 62.1 Å². The second kappa shape index (κ2) is 13.0. The van der Waals surface area contributed by atoms with Gasteiger partial charge in [-0.15, -0.1) is 0 Å². The smallest absolute Gasteiger partial charge is 0.165 e. The third-order valence-electron chi connectivity index (χ3n) is 5.81. The van der Waals surface area contributed by atoms with E-state index in [9.17, 15) is 9.50 Å². The first-order chi connectivity index (χ1) is 16.1. The van der Waals surface area contributed by atoms with Crippen molar-refractivity contribution in [2.24, 2.45) is 0 Å². The van der Waals surface area contributed by atoms with Crippen LogP contribution in [0.5, 0.6) is 11.5 Å². The Labute approximate surface area is 197 Å². The summed E-state index contributed by atoms with van der Waals surface area (Å²) in [5.41, 5.74) is 4.34. The molecule has 0 saturated heterocycles. The van der Waals surface area contributed by atoms with Gasteiger partial charge in [0, 0.05) is 5.56 Å². The molecule has 0 aromatic heterocycles. The van der Waals surface area contributed by atoms with Gasteiger partial charge in [0.15, 0.2) is 11.6 Å². The number of benzene rings is 3. The van der Waals surface area contributed by atoms with Gasteiger partial charge in [-0.2, -0.15) is 0 Å². The molecule has 0 bridgehead atoms. The molecule has 0 aliphatic heterocycles. The van der Waals surface area contributed by atoms with Gasteiger partial charge in [0.1, 0.15) is 12.4 Å². The third kappa shape index (κ3) is 7.33. The number of unbranched alkanes of at least 4 members (excludes halogenated alkanes) is 5. The Kier molecular flexibility index (Phi) is 9.77. The molecule has 4 heteroatoms. The number of aliphatic hydroxyl groups excluding tert-OH is 1. The van der Waals surface area contributed by atoms with Crippen molar-refractivity contribution in [2.75, 3.05) is 6.61 Å². The molecule has 3 aromatic rings. The zero-order chi connectivity index (χ0) is 23.5. The second-order valence-corrected chi connectivity index (χ2v) is 8.47. The quantitative estimate of drug-likeness (QED) is 0.272. The Hall–Kier alpha value is -2.85. The summed E-state index contributed by atoms with van der Waals surface area (Å²) in [7, 11) is 0. The van der Waals surface area contributed by atoms with Crippen LogP contribution in [0, 0.1) is 12.7 Å². The van der Waals surface area contributed by atoms with Crippen molar-refractivity contribution in [2.45, 2.75) is 65.6 Å². The first-order valence-corrected chi connectivity index (χ1v) is 12.0. The fraction of sp³-hybridized carbons (Fsp3) is 0.379. The van der Waals surface area contributed by atoms with Crippen molar-refractivity contribution in [1.82, 2.24) is 0 Å². The average Bonchev–Trinajstić information content (AvgIpc) is 2.84. The molecule has 0 spiro atoms. The average molecular weight is 451 g/mol. The fourth-order valence-corrected chi connectivity index (χ4v) is 3.90.